The third-order valence-electron chi connectivity index (χ3n) is 4.47. The molecule has 1 aliphatic rings. The van der Waals surface area contributed by atoms with Crippen molar-refractivity contribution in [3.8, 4) is 0 Å². The van der Waals surface area contributed by atoms with Gasteiger partial charge in [-0.25, -0.2) is 0 Å². The van der Waals surface area contributed by atoms with Crippen LogP contribution in [0, 0.1) is 12.8 Å². The maximum atomic E-state index is 12.3. The average Bonchev–Trinajstić information content (AvgIpc) is 2.96. The minimum atomic E-state index is -0.656. The minimum Gasteiger partial charge on any atom is -0.391 e. The van der Waals surface area contributed by atoms with Crippen molar-refractivity contribution in [2.75, 3.05) is 18.0 Å². The van der Waals surface area contributed by atoms with Crippen LogP contribution in [0.4, 0.5) is 5.69 Å². The van der Waals surface area contributed by atoms with Gasteiger partial charge >= 0.3 is 11.8 Å². The number of aliphatic hydroxyl groups excluding tert-OH is 1. The summed E-state index contributed by atoms with van der Waals surface area (Å²) >= 11 is 0. The molecule has 1 aromatic carbocycles. The number of nitrogens with one attached hydrogen (secondary N) is 1. The van der Waals surface area contributed by atoms with Crippen molar-refractivity contribution in [1.82, 2.24) is 5.32 Å². The highest BCUT2D eigenvalue weighted by molar-refractivity contribution is 6.40. The number of aliphatic hydroxyl groups is 1. The molecule has 2 atom stereocenters. The van der Waals surface area contributed by atoms with E-state index in [4.69, 9.17) is 0 Å². The number of aryl methyl sites for hydroxylation is 1. The number of nitrogens with zero attached hydrogens (tertiary/aromatic N) is 1. The molecular formula is C17H24N2O3. The second kappa shape index (κ2) is 6.92. The molecule has 0 aromatic heterocycles. The summed E-state index contributed by atoms with van der Waals surface area (Å²) in [5.74, 6) is -1.12. The van der Waals surface area contributed by atoms with Gasteiger partial charge in [-0.15, -0.1) is 0 Å². The Morgan fingerprint density at radius 1 is 1.41 bits per heavy atom. The molecule has 2 unspecified atom stereocenters. The molecule has 2 rings (SSSR count). The van der Waals surface area contributed by atoms with Crippen LogP contribution in [0.25, 0.3) is 0 Å². The smallest absolute Gasteiger partial charge is 0.316 e. The Hall–Kier alpha value is -1.88. The van der Waals surface area contributed by atoms with E-state index in [9.17, 15) is 14.7 Å². The first-order valence-electron chi connectivity index (χ1n) is 7.82. The molecule has 0 saturated carbocycles. The van der Waals surface area contributed by atoms with Crippen LogP contribution in [0.15, 0.2) is 18.2 Å². The summed E-state index contributed by atoms with van der Waals surface area (Å²) in [4.78, 5) is 25.9. The second-order valence-corrected chi connectivity index (χ2v) is 5.94. The van der Waals surface area contributed by atoms with Crippen LogP contribution in [0.1, 0.15) is 31.4 Å². The van der Waals surface area contributed by atoms with Gasteiger partial charge in [-0.2, -0.15) is 0 Å². The van der Waals surface area contributed by atoms with Crippen molar-refractivity contribution < 1.29 is 14.7 Å². The van der Waals surface area contributed by atoms with Gasteiger partial charge in [0.15, 0.2) is 0 Å². The molecule has 1 aliphatic heterocycles. The quantitative estimate of drug-likeness (QED) is 0.826. The van der Waals surface area contributed by atoms with E-state index in [0.29, 0.717) is 6.54 Å². The molecular weight excluding hydrogens is 280 g/mol. The summed E-state index contributed by atoms with van der Waals surface area (Å²) in [7, 11) is 0. The lowest BCUT2D eigenvalue weighted by Gasteiger charge is -2.20. The van der Waals surface area contributed by atoms with E-state index in [-0.39, 0.29) is 12.5 Å². The molecule has 2 amide bonds. The van der Waals surface area contributed by atoms with Crippen LogP contribution in [0.3, 0.4) is 0 Å². The number of carbonyl (C=O) groups excluding carboxylic acids is 2. The Morgan fingerprint density at radius 2 is 2.14 bits per heavy atom. The standard InChI is InChI=1S/C17H24N2O3/c1-4-11(2)15(20)10-18-16(21)17(22)19-9-8-13-12(3)6-5-7-14(13)19/h5-7,11,15,20H,4,8-10H2,1-3H3,(H,18,21). The van der Waals surface area contributed by atoms with Crippen LogP contribution in [0.5, 0.6) is 0 Å². The number of carbonyl (C=O) groups is 2. The topological polar surface area (TPSA) is 69.6 Å². The first kappa shape index (κ1) is 16.5. The summed E-state index contributed by atoms with van der Waals surface area (Å²) in [5, 5.41) is 12.4. The van der Waals surface area contributed by atoms with Gasteiger partial charge in [0.25, 0.3) is 0 Å². The lowest BCUT2D eigenvalue weighted by atomic mass is 10.0. The lowest BCUT2D eigenvalue weighted by molar-refractivity contribution is -0.137. The van der Waals surface area contributed by atoms with E-state index in [2.05, 4.69) is 5.32 Å². The molecule has 0 radical (unpaired) electrons. The zero-order chi connectivity index (χ0) is 16.3. The molecule has 2 N–H and O–H groups in total. The number of fused-ring (bicyclic) bond motifs is 1. The lowest BCUT2D eigenvalue weighted by Crippen LogP contribution is -2.45. The van der Waals surface area contributed by atoms with Crippen molar-refractivity contribution in [2.45, 2.75) is 39.7 Å². The Balaban J connectivity index is 1.99. The Kier molecular flexibility index (Phi) is 5.19. The zero-order valence-corrected chi connectivity index (χ0v) is 13.4. The van der Waals surface area contributed by atoms with Crippen LogP contribution < -0.4 is 10.2 Å². The van der Waals surface area contributed by atoms with Gasteiger partial charge in [-0.3, -0.25) is 9.59 Å². The fourth-order valence-electron chi connectivity index (χ4n) is 2.69. The van der Waals surface area contributed by atoms with Crippen LogP contribution in [0.2, 0.25) is 0 Å². The molecule has 1 aromatic rings. The largest absolute Gasteiger partial charge is 0.391 e. The Labute approximate surface area is 131 Å². The predicted molar refractivity (Wildman–Crippen MR) is 85.7 cm³/mol. The molecule has 0 bridgehead atoms. The highest BCUT2D eigenvalue weighted by Gasteiger charge is 2.30. The average molecular weight is 304 g/mol. The first-order chi connectivity index (χ1) is 10.5. The summed E-state index contributed by atoms with van der Waals surface area (Å²) in [6, 6.07) is 5.77. The van der Waals surface area contributed by atoms with Gasteiger partial charge in [-0.1, -0.05) is 32.4 Å². The predicted octanol–water partition coefficient (Wildman–Crippen LogP) is 1.41. The highest BCUT2D eigenvalue weighted by Crippen LogP contribution is 2.30. The van der Waals surface area contributed by atoms with Crippen LogP contribution >= 0.6 is 0 Å². The summed E-state index contributed by atoms with van der Waals surface area (Å²) in [6.45, 7) is 6.53. The van der Waals surface area contributed by atoms with Crippen molar-refractivity contribution in [2.24, 2.45) is 5.92 Å². The molecule has 0 saturated heterocycles. The van der Waals surface area contributed by atoms with E-state index in [1.165, 1.54) is 4.90 Å². The zero-order valence-electron chi connectivity index (χ0n) is 13.4. The Morgan fingerprint density at radius 3 is 2.82 bits per heavy atom. The molecule has 5 heteroatoms. The van der Waals surface area contributed by atoms with Crippen molar-refractivity contribution in [3.63, 3.8) is 0 Å². The molecule has 0 spiro atoms. The number of benzene rings is 1. The highest BCUT2D eigenvalue weighted by atomic mass is 16.3. The van der Waals surface area contributed by atoms with Crippen LogP contribution in [-0.4, -0.2) is 36.1 Å². The molecule has 22 heavy (non-hydrogen) atoms. The molecule has 120 valence electrons. The van der Waals surface area contributed by atoms with Crippen molar-refractivity contribution >= 4 is 17.5 Å². The molecule has 5 nitrogen and oxygen atoms in total. The van der Waals surface area contributed by atoms with E-state index in [0.717, 1.165) is 29.7 Å². The van der Waals surface area contributed by atoms with Gasteiger partial charge in [0.05, 0.1) is 6.10 Å². The van der Waals surface area contributed by atoms with Gasteiger partial charge in [0, 0.05) is 18.8 Å². The van der Waals surface area contributed by atoms with Crippen molar-refractivity contribution in [3.05, 3.63) is 29.3 Å². The summed E-state index contributed by atoms with van der Waals surface area (Å²) in [6.07, 6.45) is 0.968. The number of anilines is 1. The fourth-order valence-corrected chi connectivity index (χ4v) is 2.69. The third-order valence-corrected chi connectivity index (χ3v) is 4.47. The van der Waals surface area contributed by atoms with E-state index in [1.54, 1.807) is 0 Å². The number of hydrogen-bond donors (Lipinski definition) is 2. The SMILES string of the molecule is CCC(C)C(O)CNC(=O)C(=O)N1CCc2c(C)cccc21. The van der Waals surface area contributed by atoms with Gasteiger partial charge in [0.1, 0.15) is 0 Å². The number of rotatable bonds is 4. The fraction of sp³-hybridized carbons (Fsp3) is 0.529. The van der Waals surface area contributed by atoms with Crippen molar-refractivity contribution in [1.29, 1.82) is 0 Å². The number of hydrogen-bond acceptors (Lipinski definition) is 3. The van der Waals surface area contributed by atoms with Crippen LogP contribution in [-0.2, 0) is 16.0 Å². The third kappa shape index (κ3) is 3.30. The minimum absolute atomic E-state index is 0.0885. The normalized spacial score (nSPS) is 16.1. The molecule has 0 aliphatic carbocycles. The maximum absolute atomic E-state index is 12.3. The summed E-state index contributed by atoms with van der Waals surface area (Å²) in [5.41, 5.74) is 3.09. The Bertz CT molecular complexity index is 571. The maximum Gasteiger partial charge on any atom is 0.316 e. The molecule has 1 heterocycles. The first-order valence-corrected chi connectivity index (χ1v) is 7.82. The van der Waals surface area contributed by atoms with Gasteiger partial charge < -0.3 is 15.3 Å². The van der Waals surface area contributed by atoms with E-state index in [1.807, 2.05) is 39.0 Å². The van der Waals surface area contributed by atoms with Gasteiger partial charge in [-0.05, 0) is 36.5 Å². The van der Waals surface area contributed by atoms with E-state index >= 15 is 0 Å². The second-order valence-electron chi connectivity index (χ2n) is 5.94. The number of amides is 2. The van der Waals surface area contributed by atoms with E-state index < -0.39 is 17.9 Å². The monoisotopic (exact) mass is 304 g/mol. The summed E-state index contributed by atoms with van der Waals surface area (Å²) < 4.78 is 0. The molecule has 0 fully saturated rings. The van der Waals surface area contributed by atoms with Gasteiger partial charge in [0.2, 0.25) is 0 Å².